The predicted molar refractivity (Wildman–Crippen MR) is 74.5 cm³/mol. The van der Waals surface area contributed by atoms with Crippen LogP contribution in [0.5, 0.6) is 0 Å². The van der Waals surface area contributed by atoms with Gasteiger partial charge in [-0.25, -0.2) is 4.79 Å². The molecular formula is C14H17NO3S. The maximum Gasteiger partial charge on any atom is 0.329 e. The van der Waals surface area contributed by atoms with Crippen LogP contribution in [0, 0.1) is 5.92 Å². The van der Waals surface area contributed by atoms with E-state index in [9.17, 15) is 14.7 Å². The largest absolute Gasteiger partial charge is 0.480 e. The van der Waals surface area contributed by atoms with Gasteiger partial charge in [-0.05, 0) is 56.2 Å². The number of aliphatic carboxylic acids is 1. The van der Waals surface area contributed by atoms with Crippen molar-refractivity contribution in [1.29, 1.82) is 0 Å². The Kier molecular flexibility index (Phi) is 3.85. The fourth-order valence-corrected chi connectivity index (χ4v) is 2.45. The number of carbonyl (C=O) groups is 2. The Labute approximate surface area is 116 Å². The highest BCUT2D eigenvalue weighted by atomic mass is 32.2. The quantitative estimate of drug-likeness (QED) is 0.812. The number of carboxylic acids is 1. The number of rotatable bonds is 5. The SMILES string of the molecule is CSc1ccc(C(=O)NC(C)(C(=O)O)C2CC2)cc1. The first kappa shape index (κ1) is 13.9. The minimum atomic E-state index is -1.16. The molecule has 1 aliphatic rings. The van der Waals surface area contributed by atoms with Crippen molar-refractivity contribution in [1.82, 2.24) is 5.32 Å². The molecule has 1 fully saturated rings. The Morgan fingerprint density at radius 1 is 1.32 bits per heavy atom. The highest BCUT2D eigenvalue weighted by Gasteiger charge is 2.48. The molecule has 1 aliphatic carbocycles. The van der Waals surface area contributed by atoms with E-state index in [2.05, 4.69) is 5.32 Å². The summed E-state index contributed by atoms with van der Waals surface area (Å²) >= 11 is 1.60. The summed E-state index contributed by atoms with van der Waals surface area (Å²) in [7, 11) is 0. The average Bonchev–Trinajstić information content (AvgIpc) is 3.23. The molecule has 1 amide bonds. The van der Waals surface area contributed by atoms with Crippen molar-refractivity contribution >= 4 is 23.6 Å². The van der Waals surface area contributed by atoms with Crippen molar-refractivity contribution in [2.24, 2.45) is 5.92 Å². The van der Waals surface area contributed by atoms with Gasteiger partial charge in [-0.3, -0.25) is 4.79 Å². The zero-order chi connectivity index (χ0) is 14.0. The third-order valence-electron chi connectivity index (χ3n) is 3.56. The third-order valence-corrected chi connectivity index (χ3v) is 4.31. The number of nitrogens with one attached hydrogen (secondary N) is 1. The number of amides is 1. The van der Waals surface area contributed by atoms with Crippen molar-refractivity contribution < 1.29 is 14.7 Å². The molecule has 1 atom stereocenters. The molecule has 0 aliphatic heterocycles. The highest BCUT2D eigenvalue weighted by molar-refractivity contribution is 7.98. The second-order valence-electron chi connectivity index (χ2n) is 4.96. The summed E-state index contributed by atoms with van der Waals surface area (Å²) in [5.41, 5.74) is -0.666. The van der Waals surface area contributed by atoms with Crippen molar-refractivity contribution in [3.05, 3.63) is 29.8 Å². The van der Waals surface area contributed by atoms with Crippen LogP contribution in [-0.4, -0.2) is 28.8 Å². The standard InChI is InChI=1S/C14H17NO3S/c1-14(13(17)18,10-5-6-10)15-12(16)9-3-7-11(19-2)8-4-9/h3-4,7-8,10H,5-6H2,1-2H3,(H,15,16)(H,17,18). The molecule has 0 heterocycles. The van der Waals surface area contributed by atoms with Crippen molar-refractivity contribution in [2.45, 2.75) is 30.2 Å². The van der Waals surface area contributed by atoms with Crippen LogP contribution >= 0.6 is 11.8 Å². The molecule has 19 heavy (non-hydrogen) atoms. The van der Waals surface area contributed by atoms with Crippen molar-refractivity contribution in [3.63, 3.8) is 0 Å². The normalized spacial score (nSPS) is 17.6. The molecule has 2 rings (SSSR count). The minimum absolute atomic E-state index is 0.0411. The molecule has 102 valence electrons. The van der Waals surface area contributed by atoms with Gasteiger partial charge in [0.15, 0.2) is 0 Å². The summed E-state index contributed by atoms with van der Waals surface area (Å²) in [6, 6.07) is 7.15. The predicted octanol–water partition coefficient (Wildman–Crippen LogP) is 2.39. The van der Waals surface area contributed by atoms with Gasteiger partial charge in [0.05, 0.1) is 0 Å². The molecule has 1 unspecified atom stereocenters. The zero-order valence-electron chi connectivity index (χ0n) is 11.0. The summed E-state index contributed by atoms with van der Waals surface area (Å²) in [6.07, 6.45) is 3.67. The van der Waals surface area contributed by atoms with E-state index in [1.165, 1.54) is 0 Å². The number of hydrogen-bond acceptors (Lipinski definition) is 3. The van der Waals surface area contributed by atoms with E-state index < -0.39 is 11.5 Å². The van der Waals surface area contributed by atoms with Crippen LogP contribution in [0.4, 0.5) is 0 Å². The molecule has 1 aromatic carbocycles. The summed E-state index contributed by atoms with van der Waals surface area (Å²) in [4.78, 5) is 24.5. The number of carbonyl (C=O) groups excluding carboxylic acids is 1. The molecule has 5 heteroatoms. The first-order valence-corrected chi connectivity index (χ1v) is 7.40. The lowest BCUT2D eigenvalue weighted by atomic mass is 9.95. The molecule has 0 saturated heterocycles. The Hall–Kier alpha value is -1.49. The Morgan fingerprint density at radius 3 is 2.32 bits per heavy atom. The lowest BCUT2D eigenvalue weighted by molar-refractivity contribution is -0.144. The van der Waals surface area contributed by atoms with E-state index in [4.69, 9.17) is 0 Å². The van der Waals surface area contributed by atoms with E-state index in [0.29, 0.717) is 5.56 Å². The van der Waals surface area contributed by atoms with Crippen LogP contribution in [0.1, 0.15) is 30.1 Å². The van der Waals surface area contributed by atoms with Gasteiger partial charge < -0.3 is 10.4 Å². The third kappa shape index (κ3) is 2.92. The minimum Gasteiger partial charge on any atom is -0.480 e. The number of hydrogen-bond donors (Lipinski definition) is 2. The molecule has 0 spiro atoms. The molecule has 2 N–H and O–H groups in total. The van der Waals surface area contributed by atoms with E-state index in [-0.39, 0.29) is 11.8 Å². The van der Waals surface area contributed by atoms with Gasteiger partial charge in [0.2, 0.25) is 0 Å². The summed E-state index contributed by atoms with van der Waals surface area (Å²) in [6.45, 7) is 1.58. The van der Waals surface area contributed by atoms with E-state index in [1.807, 2.05) is 18.4 Å². The molecule has 1 saturated carbocycles. The van der Waals surface area contributed by atoms with Gasteiger partial charge in [0, 0.05) is 10.5 Å². The van der Waals surface area contributed by atoms with Gasteiger partial charge in [-0.1, -0.05) is 0 Å². The number of benzene rings is 1. The van der Waals surface area contributed by atoms with Crippen molar-refractivity contribution in [2.75, 3.05) is 6.26 Å². The van der Waals surface area contributed by atoms with E-state index in [0.717, 1.165) is 17.7 Å². The van der Waals surface area contributed by atoms with E-state index >= 15 is 0 Å². The first-order valence-electron chi connectivity index (χ1n) is 6.17. The molecule has 1 aromatic rings. The second kappa shape index (κ2) is 5.25. The number of thioether (sulfide) groups is 1. The van der Waals surface area contributed by atoms with Gasteiger partial charge in [-0.15, -0.1) is 11.8 Å². The highest BCUT2D eigenvalue weighted by Crippen LogP contribution is 2.39. The lowest BCUT2D eigenvalue weighted by Gasteiger charge is -2.26. The van der Waals surface area contributed by atoms with Crippen LogP contribution in [0.15, 0.2) is 29.2 Å². The maximum absolute atomic E-state index is 12.1. The molecule has 0 radical (unpaired) electrons. The Balaban J connectivity index is 2.12. The molecule has 4 nitrogen and oxygen atoms in total. The zero-order valence-corrected chi connectivity index (χ0v) is 11.8. The first-order chi connectivity index (χ1) is 8.97. The molecule has 0 aromatic heterocycles. The van der Waals surface area contributed by atoms with Crippen molar-refractivity contribution in [3.8, 4) is 0 Å². The van der Waals surface area contributed by atoms with Crippen LogP contribution in [-0.2, 0) is 4.79 Å². The van der Waals surface area contributed by atoms with Crippen LogP contribution in [0.3, 0.4) is 0 Å². The van der Waals surface area contributed by atoms with E-state index in [1.54, 1.807) is 30.8 Å². The monoisotopic (exact) mass is 279 g/mol. The smallest absolute Gasteiger partial charge is 0.329 e. The second-order valence-corrected chi connectivity index (χ2v) is 5.84. The summed E-state index contributed by atoms with van der Waals surface area (Å²) in [5, 5.41) is 12.0. The van der Waals surface area contributed by atoms with Gasteiger partial charge in [-0.2, -0.15) is 0 Å². The lowest BCUT2D eigenvalue weighted by Crippen LogP contribution is -2.54. The molecular weight excluding hydrogens is 262 g/mol. The van der Waals surface area contributed by atoms with Gasteiger partial charge >= 0.3 is 5.97 Å². The maximum atomic E-state index is 12.1. The van der Waals surface area contributed by atoms with Crippen LogP contribution in [0.25, 0.3) is 0 Å². The average molecular weight is 279 g/mol. The number of carboxylic acid groups (broad SMARTS) is 1. The van der Waals surface area contributed by atoms with Gasteiger partial charge in [0.25, 0.3) is 5.91 Å². The fourth-order valence-electron chi connectivity index (χ4n) is 2.04. The topological polar surface area (TPSA) is 66.4 Å². The Morgan fingerprint density at radius 2 is 1.89 bits per heavy atom. The molecule has 0 bridgehead atoms. The Bertz CT molecular complexity index is 496. The summed E-state index contributed by atoms with van der Waals surface area (Å²) in [5.74, 6) is -1.26. The van der Waals surface area contributed by atoms with Crippen LogP contribution < -0.4 is 5.32 Å². The summed E-state index contributed by atoms with van der Waals surface area (Å²) < 4.78 is 0. The van der Waals surface area contributed by atoms with Gasteiger partial charge in [0.1, 0.15) is 5.54 Å². The van der Waals surface area contributed by atoms with Crippen LogP contribution in [0.2, 0.25) is 0 Å². The fraction of sp³-hybridized carbons (Fsp3) is 0.429.